The Hall–Kier alpha value is -1.26. The summed E-state index contributed by atoms with van der Waals surface area (Å²) in [5.74, 6) is 0.143. The third-order valence-electron chi connectivity index (χ3n) is 3.76. The molecule has 2 amide bonds. The van der Waals surface area contributed by atoms with E-state index in [0.29, 0.717) is 24.9 Å². The molecule has 1 N–H and O–H groups in total. The molecule has 0 spiro atoms. The minimum atomic E-state index is -0.928. The lowest BCUT2D eigenvalue weighted by atomic mass is 10.1. The van der Waals surface area contributed by atoms with Gasteiger partial charge in [-0.1, -0.05) is 27.7 Å². The molecule has 1 aliphatic rings. The molecule has 1 saturated carbocycles. The Kier molecular flexibility index (Phi) is 6.99. The van der Waals surface area contributed by atoms with Gasteiger partial charge in [-0.05, 0) is 37.5 Å². The summed E-state index contributed by atoms with van der Waals surface area (Å²) in [7, 11) is 0. The fourth-order valence-electron chi connectivity index (χ4n) is 2.20. The molecule has 0 aromatic rings. The van der Waals surface area contributed by atoms with Crippen LogP contribution in [-0.4, -0.2) is 52.6 Å². The third-order valence-corrected chi connectivity index (χ3v) is 3.76. The molecule has 0 aromatic heterocycles. The molecular weight excluding hydrogens is 268 g/mol. The Labute approximate surface area is 128 Å². The van der Waals surface area contributed by atoms with E-state index in [1.54, 1.807) is 4.90 Å². The first-order valence-electron chi connectivity index (χ1n) is 8.08. The number of hydrogen-bond donors (Lipinski definition) is 1. The maximum atomic E-state index is 12.7. The summed E-state index contributed by atoms with van der Waals surface area (Å²) in [6.45, 7) is 9.81. The van der Waals surface area contributed by atoms with Gasteiger partial charge in [-0.25, -0.2) is 4.79 Å². The molecule has 0 saturated heterocycles. The minimum absolute atomic E-state index is 0.0961. The van der Waals surface area contributed by atoms with Crippen LogP contribution in [0.4, 0.5) is 4.79 Å². The fourth-order valence-corrected chi connectivity index (χ4v) is 2.20. The van der Waals surface area contributed by atoms with E-state index in [-0.39, 0.29) is 18.6 Å². The molecule has 21 heavy (non-hydrogen) atoms. The summed E-state index contributed by atoms with van der Waals surface area (Å²) in [5, 5.41) is 9.02. The number of amides is 2. The molecule has 0 aromatic carbocycles. The standard InChI is InChI=1S/C16H30N2O3/c1-12(2)7-9-17(10-8-13(3)4)16(21)18(11-15(19)20)14-5-6-14/h12-14H,5-11H2,1-4H3,(H,19,20). The molecule has 1 fully saturated rings. The lowest BCUT2D eigenvalue weighted by Gasteiger charge is -2.31. The van der Waals surface area contributed by atoms with Gasteiger partial charge in [-0.2, -0.15) is 0 Å². The smallest absolute Gasteiger partial charge is 0.323 e. The third kappa shape index (κ3) is 6.82. The largest absolute Gasteiger partial charge is 0.480 e. The molecule has 122 valence electrons. The van der Waals surface area contributed by atoms with Crippen molar-refractivity contribution in [2.45, 2.75) is 59.4 Å². The quantitative estimate of drug-likeness (QED) is 0.711. The fraction of sp³-hybridized carbons (Fsp3) is 0.875. The van der Waals surface area contributed by atoms with Crippen molar-refractivity contribution in [2.24, 2.45) is 11.8 Å². The van der Waals surface area contributed by atoms with E-state index in [1.807, 2.05) is 4.90 Å². The van der Waals surface area contributed by atoms with E-state index < -0.39 is 5.97 Å². The zero-order valence-corrected chi connectivity index (χ0v) is 13.8. The summed E-state index contributed by atoms with van der Waals surface area (Å²) in [6, 6.07) is 0.0374. The van der Waals surface area contributed by atoms with Gasteiger partial charge in [0.25, 0.3) is 0 Å². The lowest BCUT2D eigenvalue weighted by molar-refractivity contribution is -0.137. The van der Waals surface area contributed by atoms with Gasteiger partial charge in [0.2, 0.25) is 0 Å². The van der Waals surface area contributed by atoms with Gasteiger partial charge in [0, 0.05) is 19.1 Å². The summed E-state index contributed by atoms with van der Waals surface area (Å²) >= 11 is 0. The van der Waals surface area contributed by atoms with Gasteiger partial charge < -0.3 is 14.9 Å². The van der Waals surface area contributed by atoms with Crippen LogP contribution in [0, 0.1) is 11.8 Å². The first-order chi connectivity index (χ1) is 9.81. The highest BCUT2D eigenvalue weighted by molar-refractivity contribution is 5.80. The van der Waals surface area contributed by atoms with E-state index in [2.05, 4.69) is 27.7 Å². The average molecular weight is 298 g/mol. The Bertz CT molecular complexity index is 339. The lowest BCUT2D eigenvalue weighted by Crippen LogP contribution is -2.47. The van der Waals surface area contributed by atoms with Crippen molar-refractivity contribution in [2.75, 3.05) is 19.6 Å². The second kappa shape index (κ2) is 8.25. The average Bonchev–Trinajstić information content (AvgIpc) is 3.18. The normalized spacial score (nSPS) is 14.6. The van der Waals surface area contributed by atoms with E-state index in [0.717, 1.165) is 25.7 Å². The Morgan fingerprint density at radius 2 is 1.52 bits per heavy atom. The molecular formula is C16H30N2O3. The first kappa shape index (κ1) is 17.8. The molecule has 0 heterocycles. The van der Waals surface area contributed by atoms with Gasteiger partial charge >= 0.3 is 12.0 Å². The van der Waals surface area contributed by atoms with Crippen molar-refractivity contribution in [1.82, 2.24) is 9.80 Å². The molecule has 5 heteroatoms. The maximum Gasteiger partial charge on any atom is 0.323 e. The summed E-state index contributed by atoms with van der Waals surface area (Å²) in [5.41, 5.74) is 0. The van der Waals surface area contributed by atoms with E-state index >= 15 is 0 Å². The number of aliphatic carboxylic acids is 1. The number of urea groups is 1. The van der Waals surface area contributed by atoms with Crippen molar-refractivity contribution in [3.63, 3.8) is 0 Å². The predicted octanol–water partition coefficient (Wildman–Crippen LogP) is 3.05. The molecule has 0 unspecified atom stereocenters. The zero-order chi connectivity index (χ0) is 16.0. The molecule has 1 rings (SSSR count). The topological polar surface area (TPSA) is 60.9 Å². The van der Waals surface area contributed by atoms with Crippen LogP contribution < -0.4 is 0 Å². The van der Waals surface area contributed by atoms with E-state index in [4.69, 9.17) is 5.11 Å². The number of nitrogens with zero attached hydrogens (tertiary/aromatic N) is 2. The van der Waals surface area contributed by atoms with Crippen molar-refractivity contribution in [1.29, 1.82) is 0 Å². The van der Waals surface area contributed by atoms with Gasteiger partial charge in [0.05, 0.1) is 0 Å². The first-order valence-corrected chi connectivity index (χ1v) is 8.08. The SMILES string of the molecule is CC(C)CCN(CCC(C)C)C(=O)N(CC(=O)O)C1CC1. The highest BCUT2D eigenvalue weighted by atomic mass is 16.4. The van der Waals surface area contributed by atoms with Crippen molar-refractivity contribution >= 4 is 12.0 Å². The van der Waals surface area contributed by atoms with Crippen LogP contribution in [0.1, 0.15) is 53.4 Å². The van der Waals surface area contributed by atoms with Crippen molar-refractivity contribution in [3.05, 3.63) is 0 Å². The van der Waals surface area contributed by atoms with Crippen molar-refractivity contribution < 1.29 is 14.7 Å². The molecule has 1 aliphatic carbocycles. The Morgan fingerprint density at radius 1 is 1.05 bits per heavy atom. The predicted molar refractivity (Wildman–Crippen MR) is 83.2 cm³/mol. The molecule has 0 bridgehead atoms. The van der Waals surface area contributed by atoms with E-state index in [9.17, 15) is 9.59 Å². The zero-order valence-electron chi connectivity index (χ0n) is 13.8. The van der Waals surface area contributed by atoms with Gasteiger partial charge in [-0.3, -0.25) is 4.79 Å². The number of carboxylic acids is 1. The molecule has 0 radical (unpaired) electrons. The van der Waals surface area contributed by atoms with E-state index in [1.165, 1.54) is 0 Å². The van der Waals surface area contributed by atoms with Gasteiger partial charge in [0.15, 0.2) is 0 Å². The number of carbonyl (C=O) groups excluding carboxylic acids is 1. The Morgan fingerprint density at radius 3 is 1.86 bits per heavy atom. The van der Waals surface area contributed by atoms with Crippen LogP contribution in [0.3, 0.4) is 0 Å². The van der Waals surface area contributed by atoms with Crippen molar-refractivity contribution in [3.8, 4) is 0 Å². The van der Waals surface area contributed by atoms with Crippen LogP contribution in [-0.2, 0) is 4.79 Å². The van der Waals surface area contributed by atoms with Gasteiger partial charge in [0.1, 0.15) is 6.54 Å². The Balaban J connectivity index is 2.67. The number of hydrogen-bond acceptors (Lipinski definition) is 2. The molecule has 0 aliphatic heterocycles. The summed E-state index contributed by atoms with van der Waals surface area (Å²) in [4.78, 5) is 27.1. The molecule has 0 atom stereocenters. The molecule has 5 nitrogen and oxygen atoms in total. The van der Waals surface area contributed by atoms with Crippen LogP contribution >= 0.6 is 0 Å². The maximum absolute atomic E-state index is 12.7. The second-order valence-corrected chi connectivity index (χ2v) is 6.89. The number of carboxylic acid groups (broad SMARTS) is 1. The van der Waals surface area contributed by atoms with Gasteiger partial charge in [-0.15, -0.1) is 0 Å². The number of rotatable bonds is 9. The summed E-state index contributed by atoms with van der Waals surface area (Å²) < 4.78 is 0. The van der Waals surface area contributed by atoms with Crippen LogP contribution in [0.2, 0.25) is 0 Å². The second-order valence-electron chi connectivity index (χ2n) is 6.89. The summed E-state index contributed by atoms with van der Waals surface area (Å²) in [6.07, 6.45) is 3.77. The minimum Gasteiger partial charge on any atom is -0.480 e. The van der Waals surface area contributed by atoms with Crippen LogP contribution in [0.25, 0.3) is 0 Å². The highest BCUT2D eigenvalue weighted by Gasteiger charge is 2.36. The van der Waals surface area contributed by atoms with Crippen LogP contribution in [0.5, 0.6) is 0 Å². The highest BCUT2D eigenvalue weighted by Crippen LogP contribution is 2.28. The van der Waals surface area contributed by atoms with Crippen LogP contribution in [0.15, 0.2) is 0 Å². The monoisotopic (exact) mass is 298 g/mol. The number of carbonyl (C=O) groups is 2.